The van der Waals surface area contributed by atoms with Crippen molar-refractivity contribution >= 4 is 88.4 Å². The molecule has 101 heavy (non-hydrogen) atoms. The zero-order chi connectivity index (χ0) is 74.8. The standard InChI is InChI=1S/C67H101FN18O15/c1-9-85(10-2)29-28-74-63(96)53-36(5)49(75-37(53)6)33-43-42-32-41(68)16-17-52(42)86(66(43)99)34-101-67(100)84-55(39(8)88)65(98)80-46(20-25-71)57(90)79-48-22-27-73-64(97)54(38(7)87)83-60(93)47(21-26-72)77-56(89)44(18-23-69)78-61(94)50(30-35(3)4)81-62(95)51(31-40-14-12-11-13-15-40)82-58(91)45(19-24-70)76-59(48)92/h11-17,32-33,35,38-39,44-48,50-51,54-55,75,87-88H,9-10,18-31,34,69-72H2,1-8H3,(H,73,97)(H,74,96)(H,76,92)(H,77,89)(H,78,94)(H,79,90)(H,80,98)(H,81,95)(H,82,91)(H,83,93)(H,84,100)/b43-33-/t38-,39-,44-,45-,46-,47-,48+,50-,51-,54-,55+/m1/s1. The highest BCUT2D eigenvalue weighted by Gasteiger charge is 2.39. The molecule has 5 rings (SSSR count). The van der Waals surface area contributed by atoms with Crippen molar-refractivity contribution in [2.45, 2.75) is 167 Å². The quantitative estimate of drug-likeness (QED) is 0.0316. The first-order valence-corrected chi connectivity index (χ1v) is 33.9. The van der Waals surface area contributed by atoms with Gasteiger partial charge in [-0.2, -0.15) is 0 Å². The van der Waals surface area contributed by atoms with Crippen LogP contribution >= 0.6 is 0 Å². The summed E-state index contributed by atoms with van der Waals surface area (Å²) in [7, 11) is 0. The zero-order valence-electron chi connectivity index (χ0n) is 58.4. The number of amides is 12. The number of carbonyl (C=O) groups excluding carboxylic acids is 12. The second-order valence-corrected chi connectivity index (χ2v) is 25.2. The average molecular weight is 1420 g/mol. The monoisotopic (exact) mass is 1420 g/mol. The summed E-state index contributed by atoms with van der Waals surface area (Å²) in [5, 5.41) is 49.8. The van der Waals surface area contributed by atoms with Crippen molar-refractivity contribution in [2.24, 2.45) is 28.9 Å². The van der Waals surface area contributed by atoms with Crippen molar-refractivity contribution in [1.29, 1.82) is 0 Å². The maximum Gasteiger partial charge on any atom is 0.409 e. The number of ether oxygens (including phenoxy) is 1. The number of rotatable bonds is 28. The summed E-state index contributed by atoms with van der Waals surface area (Å²) in [6.45, 7) is 13.7. The van der Waals surface area contributed by atoms with Gasteiger partial charge in [-0.05, 0) is 147 Å². The number of H-pyrrole nitrogens is 1. The molecule has 2 aliphatic heterocycles. The Morgan fingerprint density at radius 2 is 1.28 bits per heavy atom. The van der Waals surface area contributed by atoms with E-state index in [0.717, 1.165) is 37.0 Å². The third-order valence-corrected chi connectivity index (χ3v) is 17.0. The number of fused-ring (bicyclic) bond motifs is 1. The Labute approximate surface area is 585 Å². The van der Waals surface area contributed by atoms with Gasteiger partial charge >= 0.3 is 6.09 Å². The van der Waals surface area contributed by atoms with Crippen LogP contribution in [0.2, 0.25) is 0 Å². The normalized spacial score (nSPS) is 21.5. The van der Waals surface area contributed by atoms with E-state index >= 15 is 0 Å². The number of aliphatic hydroxyl groups is 2. The summed E-state index contributed by atoms with van der Waals surface area (Å²) < 4.78 is 20.3. The van der Waals surface area contributed by atoms with E-state index in [9.17, 15) is 72.1 Å². The van der Waals surface area contributed by atoms with Gasteiger partial charge in [-0.15, -0.1) is 0 Å². The summed E-state index contributed by atoms with van der Waals surface area (Å²) in [6.07, 6.45) is -4.82. The Balaban J connectivity index is 1.41. The molecule has 11 atom stereocenters. The Morgan fingerprint density at radius 3 is 1.84 bits per heavy atom. The summed E-state index contributed by atoms with van der Waals surface area (Å²) in [4.78, 5) is 176. The van der Waals surface area contributed by atoms with E-state index < -0.39 is 157 Å². The number of halogens is 1. The maximum atomic E-state index is 14.9. The fourth-order valence-electron chi connectivity index (χ4n) is 11.4. The van der Waals surface area contributed by atoms with Crippen LogP contribution in [-0.4, -0.2) is 223 Å². The van der Waals surface area contributed by atoms with E-state index in [-0.39, 0.29) is 93.4 Å². The maximum absolute atomic E-state index is 14.9. The van der Waals surface area contributed by atoms with Gasteiger partial charge in [-0.25, -0.2) is 9.18 Å². The molecule has 0 radical (unpaired) electrons. The van der Waals surface area contributed by atoms with Crippen molar-refractivity contribution in [3.63, 3.8) is 0 Å². The highest BCUT2D eigenvalue weighted by atomic mass is 19.1. The van der Waals surface area contributed by atoms with Crippen molar-refractivity contribution in [1.82, 2.24) is 68.4 Å². The number of aromatic amines is 1. The number of alkyl carbamates (subject to hydrolysis) is 1. The van der Waals surface area contributed by atoms with Gasteiger partial charge in [-0.1, -0.05) is 58.0 Å². The van der Waals surface area contributed by atoms with E-state index in [2.05, 4.69) is 68.4 Å². The first kappa shape index (κ1) is 82.2. The van der Waals surface area contributed by atoms with Crippen LogP contribution in [-0.2, 0) is 59.1 Å². The number of aryl methyl sites for hydroxylation is 1. The summed E-state index contributed by atoms with van der Waals surface area (Å²) in [5.41, 5.74) is 26.2. The molecule has 0 spiro atoms. The molecule has 3 heterocycles. The van der Waals surface area contributed by atoms with Crippen molar-refractivity contribution < 1.29 is 76.9 Å². The zero-order valence-corrected chi connectivity index (χ0v) is 58.4. The highest BCUT2D eigenvalue weighted by Crippen LogP contribution is 2.39. The predicted octanol–water partition coefficient (Wildman–Crippen LogP) is -3.37. The number of hydrogen-bond donors (Lipinski definition) is 18. The smallest absolute Gasteiger partial charge is 0.409 e. The number of benzene rings is 2. The molecule has 556 valence electrons. The molecule has 33 nitrogen and oxygen atoms in total. The number of carbonyl (C=O) groups is 12. The molecule has 1 aromatic heterocycles. The minimum absolute atomic E-state index is 0.0221. The van der Waals surface area contributed by atoms with Gasteiger partial charge in [0.15, 0.2) is 6.73 Å². The molecule has 2 aromatic carbocycles. The minimum atomic E-state index is -1.88. The molecule has 22 N–H and O–H groups in total. The first-order valence-electron chi connectivity index (χ1n) is 33.9. The third kappa shape index (κ3) is 23.8. The number of hydrogen-bond acceptors (Lipinski definition) is 20. The van der Waals surface area contributed by atoms with Crippen LogP contribution in [0.3, 0.4) is 0 Å². The van der Waals surface area contributed by atoms with Gasteiger partial charge in [0, 0.05) is 43.0 Å². The lowest BCUT2D eigenvalue weighted by Gasteiger charge is -2.28. The minimum Gasteiger partial charge on any atom is -0.428 e. The second kappa shape index (κ2) is 40.1. The Morgan fingerprint density at radius 1 is 0.713 bits per heavy atom. The van der Waals surface area contributed by atoms with Crippen molar-refractivity contribution in [3.05, 3.63) is 88.0 Å². The Hall–Kier alpha value is -9.45. The fraction of sp³-hybridized carbons (Fsp3) is 0.552. The Bertz CT molecular complexity index is 3420. The number of aliphatic hydroxyl groups excluding tert-OH is 2. The van der Waals surface area contributed by atoms with E-state index in [1.165, 1.54) is 19.1 Å². The van der Waals surface area contributed by atoms with E-state index in [0.29, 0.717) is 41.2 Å². The van der Waals surface area contributed by atoms with Crippen LogP contribution in [0.4, 0.5) is 14.9 Å². The fourth-order valence-corrected chi connectivity index (χ4v) is 11.4. The van der Waals surface area contributed by atoms with Gasteiger partial charge in [-0.3, -0.25) is 57.6 Å². The molecular weight excluding hydrogens is 1320 g/mol. The van der Waals surface area contributed by atoms with Gasteiger partial charge in [0.05, 0.1) is 29.0 Å². The van der Waals surface area contributed by atoms with Crippen LogP contribution in [0, 0.1) is 25.6 Å². The van der Waals surface area contributed by atoms with E-state index in [4.69, 9.17) is 27.7 Å². The summed E-state index contributed by atoms with van der Waals surface area (Å²) in [6, 6.07) is -2.18. The summed E-state index contributed by atoms with van der Waals surface area (Å²) in [5.74, 6) is -10.9. The molecule has 3 aromatic rings. The average Bonchev–Trinajstić information content (AvgIpc) is 1.61. The number of nitrogens with one attached hydrogen (secondary N) is 12. The lowest BCUT2D eigenvalue weighted by Crippen LogP contribution is -2.61. The van der Waals surface area contributed by atoms with Gasteiger partial charge in [0.25, 0.3) is 11.8 Å². The molecule has 12 amide bonds. The van der Waals surface area contributed by atoms with Crippen LogP contribution in [0.5, 0.6) is 0 Å². The van der Waals surface area contributed by atoms with Crippen molar-refractivity contribution in [2.75, 3.05) is 70.5 Å². The van der Waals surface area contributed by atoms with Crippen molar-refractivity contribution in [3.8, 4) is 0 Å². The molecule has 0 saturated carbocycles. The molecule has 2 aliphatic rings. The summed E-state index contributed by atoms with van der Waals surface area (Å²) >= 11 is 0. The largest absolute Gasteiger partial charge is 0.428 e. The Kier molecular flexibility index (Phi) is 32.7. The van der Waals surface area contributed by atoms with Gasteiger partial charge in [0.2, 0.25) is 53.2 Å². The number of likely N-dealkylation sites (N-methyl/N-ethyl adjacent to an activating group) is 1. The molecule has 1 fully saturated rings. The van der Waals surface area contributed by atoms with E-state index in [1.54, 1.807) is 58.0 Å². The van der Waals surface area contributed by atoms with Gasteiger partial charge < -0.3 is 106 Å². The van der Waals surface area contributed by atoms with Crippen LogP contribution in [0.15, 0.2) is 48.5 Å². The predicted molar refractivity (Wildman–Crippen MR) is 371 cm³/mol. The molecule has 1 saturated heterocycles. The molecule has 0 bridgehead atoms. The van der Waals surface area contributed by atoms with Gasteiger partial charge in [0.1, 0.15) is 60.2 Å². The lowest BCUT2D eigenvalue weighted by atomic mass is 10.00. The number of anilines is 1. The topological polar surface area (TPSA) is 513 Å². The second-order valence-electron chi connectivity index (χ2n) is 25.2. The molecule has 0 aliphatic carbocycles. The molecule has 0 unspecified atom stereocenters. The first-order chi connectivity index (χ1) is 48.0. The number of nitrogens with two attached hydrogens (primary N) is 4. The number of aromatic nitrogens is 1. The third-order valence-electron chi connectivity index (χ3n) is 17.0. The molecular formula is C67H101FN18O15. The van der Waals surface area contributed by atoms with E-state index in [1.807, 2.05) is 13.8 Å². The number of nitrogens with zero attached hydrogens (tertiary/aromatic N) is 2. The SMILES string of the molecule is CCN(CC)CCNC(=O)c1c(C)[nH]c(/C=C2\C(=O)N(COC(=O)N[C@H](C(=O)N[C@H](CCN)C(=O)N[C@H]3CCNC(=O)[C@@H]([C@@H](C)O)NC(=O)[C@@H](CCN)NC(=O)[C@@H](CCN)NC(=O)[C@@H](CC(C)C)NC(=O)[C@@H](Cc4ccccc4)NC(=O)[C@@H](CCN)NC3=O)[C@@H](C)O)c3ccc(F)cc32)c1C. The lowest BCUT2D eigenvalue weighted by molar-refractivity contribution is -0.136. The highest BCUT2D eigenvalue weighted by molar-refractivity contribution is 6.35. The van der Waals surface area contributed by atoms with Crippen LogP contribution < -0.4 is 86.3 Å². The van der Waals surface area contributed by atoms with Crippen LogP contribution in [0.25, 0.3) is 11.6 Å². The molecule has 34 heteroatoms. The van der Waals surface area contributed by atoms with Crippen LogP contribution in [0.1, 0.15) is 119 Å².